The summed E-state index contributed by atoms with van der Waals surface area (Å²) in [6, 6.07) is 13.0. The smallest absolute Gasteiger partial charge is 0.390 e. The van der Waals surface area contributed by atoms with Crippen LogP contribution in [0, 0.1) is 27.7 Å². The maximum absolute atomic E-state index is 6.93. The Hall–Kier alpha value is -2.21. The molecule has 39 heavy (non-hydrogen) atoms. The Morgan fingerprint density at radius 1 is 0.718 bits per heavy atom. The van der Waals surface area contributed by atoms with Crippen molar-refractivity contribution in [2.75, 3.05) is 12.3 Å². The van der Waals surface area contributed by atoms with Crippen LogP contribution in [0.5, 0.6) is 5.75 Å². The van der Waals surface area contributed by atoms with E-state index in [2.05, 4.69) is 119 Å². The highest BCUT2D eigenvalue weighted by Crippen LogP contribution is 2.47. The Balaban J connectivity index is 2.24. The van der Waals surface area contributed by atoms with E-state index in [9.17, 15) is 0 Å². The van der Waals surface area contributed by atoms with Crippen molar-refractivity contribution in [1.29, 1.82) is 0 Å². The first kappa shape index (κ1) is 29.8. The van der Waals surface area contributed by atoms with Gasteiger partial charge >= 0.3 is 8.24 Å². The van der Waals surface area contributed by atoms with E-state index in [1.54, 1.807) is 0 Å². The van der Waals surface area contributed by atoms with Gasteiger partial charge in [-0.2, -0.15) is 0 Å². The van der Waals surface area contributed by atoms with E-state index < -0.39 is 8.24 Å². The Morgan fingerprint density at radius 3 is 1.56 bits per heavy atom. The first-order valence-corrected chi connectivity index (χ1v) is 17.0. The maximum Gasteiger partial charge on any atom is 0.453 e. The van der Waals surface area contributed by atoms with Crippen LogP contribution in [0.1, 0.15) is 88.8 Å². The molecule has 0 saturated carbocycles. The van der Waals surface area contributed by atoms with Gasteiger partial charge in [-0.1, -0.05) is 93.6 Å². The van der Waals surface area contributed by atoms with Crippen LogP contribution in [0.4, 0.5) is 0 Å². The summed E-state index contributed by atoms with van der Waals surface area (Å²) in [4.78, 5) is 0. The maximum atomic E-state index is 6.93. The molecule has 0 aliphatic rings. The molecule has 1 heterocycles. The molecule has 0 saturated heterocycles. The number of fused-ring (bicyclic) bond motifs is 3. The fourth-order valence-electron chi connectivity index (χ4n) is 5.34. The molecule has 0 fully saturated rings. The summed E-state index contributed by atoms with van der Waals surface area (Å²) in [5, 5.41) is 3.57. The number of aryl methyl sites for hydroxylation is 4. The van der Waals surface area contributed by atoms with Gasteiger partial charge in [0.15, 0.2) is 0 Å². The summed E-state index contributed by atoms with van der Waals surface area (Å²) >= 11 is 0. The molecule has 210 valence electrons. The highest BCUT2D eigenvalue weighted by Gasteiger charge is 2.27. The molecular weight excluding hydrogens is 518 g/mol. The van der Waals surface area contributed by atoms with Crippen LogP contribution in [0.2, 0.25) is 0 Å². The summed E-state index contributed by atoms with van der Waals surface area (Å²) in [5.74, 6) is 0.880. The molecule has 0 N–H and O–H groups in total. The van der Waals surface area contributed by atoms with Gasteiger partial charge in [0, 0.05) is 27.2 Å². The van der Waals surface area contributed by atoms with Crippen LogP contribution in [-0.4, -0.2) is 12.3 Å². The summed E-state index contributed by atoms with van der Waals surface area (Å²) in [7, 11) is -2.06. The largest absolute Gasteiger partial charge is 0.453 e. The van der Waals surface area contributed by atoms with Crippen molar-refractivity contribution < 1.29 is 12.9 Å². The van der Waals surface area contributed by atoms with Crippen LogP contribution in [0.25, 0.3) is 21.9 Å². The van der Waals surface area contributed by atoms with Crippen molar-refractivity contribution in [3.63, 3.8) is 0 Å². The minimum absolute atomic E-state index is 0.116. The van der Waals surface area contributed by atoms with E-state index in [-0.39, 0.29) is 18.8 Å². The van der Waals surface area contributed by atoms with Gasteiger partial charge in [-0.3, -0.25) is 0 Å². The van der Waals surface area contributed by atoms with Crippen LogP contribution >= 0.6 is 16.2 Å². The summed E-state index contributed by atoms with van der Waals surface area (Å²) in [6.45, 7) is 26.9. The van der Waals surface area contributed by atoms with Gasteiger partial charge in [-0.05, 0) is 79.2 Å². The Kier molecular flexibility index (Phi) is 8.39. The molecule has 0 aliphatic heterocycles. The molecule has 0 unspecified atom stereocenters. The first-order valence-electron chi connectivity index (χ1n) is 14.2. The normalized spacial score (nSPS) is 12.5. The number of para-hydroxylation sites is 1. The Morgan fingerprint density at radius 2 is 1.15 bits per heavy atom. The van der Waals surface area contributed by atoms with Gasteiger partial charge < -0.3 is 12.9 Å². The molecule has 4 rings (SSSR count). The Labute approximate surface area is 237 Å². The lowest BCUT2D eigenvalue weighted by Gasteiger charge is -2.23. The third kappa shape index (κ3) is 5.68. The minimum Gasteiger partial charge on any atom is -0.390 e. The predicted octanol–water partition coefficient (Wildman–Crippen LogP) is 11.1. The predicted molar refractivity (Wildman–Crippen MR) is 173 cm³/mol. The first-order chi connectivity index (χ1) is 18.2. The second kappa shape index (κ2) is 11.0. The lowest BCUT2D eigenvalue weighted by Crippen LogP contribution is -2.13. The average molecular weight is 565 g/mol. The second-order valence-corrected chi connectivity index (χ2v) is 16.6. The number of hydrogen-bond donors (Lipinski definition) is 0. The van der Waals surface area contributed by atoms with Crippen molar-refractivity contribution in [2.45, 2.75) is 93.9 Å². The second-order valence-electron chi connectivity index (χ2n) is 12.8. The van der Waals surface area contributed by atoms with Crippen molar-refractivity contribution in [1.82, 2.24) is 0 Å². The minimum atomic E-state index is -1.76. The van der Waals surface area contributed by atoms with Gasteiger partial charge in [0.1, 0.15) is 16.9 Å². The van der Waals surface area contributed by atoms with E-state index in [1.165, 1.54) is 38.7 Å². The molecule has 0 amide bonds. The summed E-state index contributed by atoms with van der Waals surface area (Å²) in [5.41, 5.74) is 8.92. The fourth-order valence-corrected chi connectivity index (χ4v) is 8.37. The van der Waals surface area contributed by atoms with Gasteiger partial charge in [-0.25, -0.2) is 0 Å². The molecule has 4 aromatic rings. The van der Waals surface area contributed by atoms with E-state index in [4.69, 9.17) is 12.9 Å². The molecule has 0 radical (unpaired) electrons. The van der Waals surface area contributed by atoms with E-state index in [0.29, 0.717) is 0 Å². The lowest BCUT2D eigenvalue weighted by atomic mass is 9.81. The topological polar surface area (TPSA) is 35.5 Å². The summed E-state index contributed by atoms with van der Waals surface area (Å²) < 4.78 is 20.6. The van der Waals surface area contributed by atoms with Gasteiger partial charge in [0.2, 0.25) is 0 Å². The zero-order valence-corrected chi connectivity index (χ0v) is 27.8. The zero-order valence-electron chi connectivity index (χ0n) is 26.0. The third-order valence-corrected chi connectivity index (χ3v) is 11.5. The average Bonchev–Trinajstić information content (AvgIpc) is 3.01. The molecule has 0 bridgehead atoms. The number of rotatable bonds is 5. The zero-order chi connectivity index (χ0) is 28.9. The van der Waals surface area contributed by atoms with Gasteiger partial charge in [0.25, 0.3) is 0 Å². The van der Waals surface area contributed by atoms with Gasteiger partial charge in [0.05, 0.1) is 0 Å². The Bertz CT molecular complexity index is 1470. The van der Waals surface area contributed by atoms with Crippen molar-refractivity contribution in [3.8, 4) is 5.75 Å². The SMILES string of the molecule is CCP(CC)c1ccccc1Op1oc2c(C(C)(C)C)cc(C)c(C)c2c2c(C)c(C)cc(C(C)(C)C)c2o1. The van der Waals surface area contributed by atoms with Crippen LogP contribution in [-0.2, 0) is 10.8 Å². The highest BCUT2D eigenvalue weighted by molar-refractivity contribution is 7.65. The molecular formula is C34H46O3P2. The van der Waals surface area contributed by atoms with Crippen molar-refractivity contribution in [2.24, 2.45) is 0 Å². The van der Waals surface area contributed by atoms with Crippen LogP contribution in [0.3, 0.4) is 0 Å². The molecule has 1 aromatic heterocycles. The quantitative estimate of drug-likeness (QED) is 0.226. The number of benzene rings is 3. The molecule has 0 atom stereocenters. The molecule has 0 spiro atoms. The molecule has 5 heteroatoms. The molecule has 3 nitrogen and oxygen atoms in total. The fraction of sp³-hybridized carbons (Fsp3) is 0.471. The van der Waals surface area contributed by atoms with E-state index >= 15 is 0 Å². The van der Waals surface area contributed by atoms with E-state index in [0.717, 1.165) is 40.0 Å². The molecule has 0 aliphatic carbocycles. The monoisotopic (exact) mass is 564 g/mol. The van der Waals surface area contributed by atoms with Crippen LogP contribution in [0.15, 0.2) is 44.8 Å². The molecule has 3 aromatic carbocycles. The highest BCUT2D eigenvalue weighted by atomic mass is 31.1. The standard InChI is InChI=1S/C34H46O3P2/c1-13-38(14-2)28-18-16-15-17-27(28)35-39-36-31-25(33(7,8)9)19-21(3)23(5)29(31)30-24(6)22(4)20-26(32(30)37-39)34(10,11)12/h15-20H,13-14H2,1-12H3. The van der Waals surface area contributed by atoms with Crippen molar-refractivity contribution in [3.05, 3.63) is 69.8 Å². The van der Waals surface area contributed by atoms with E-state index in [1.807, 2.05) is 0 Å². The summed E-state index contributed by atoms with van der Waals surface area (Å²) in [6.07, 6.45) is 2.24. The van der Waals surface area contributed by atoms with Crippen molar-refractivity contribution >= 4 is 43.4 Å². The third-order valence-electron chi connectivity index (χ3n) is 7.94. The van der Waals surface area contributed by atoms with Gasteiger partial charge in [-0.15, -0.1) is 0 Å². The lowest BCUT2D eigenvalue weighted by molar-refractivity contribution is 0.491. The number of hydrogen-bond acceptors (Lipinski definition) is 3. The van der Waals surface area contributed by atoms with Crippen LogP contribution < -0.4 is 9.83 Å².